The van der Waals surface area contributed by atoms with Crippen LogP contribution in [0, 0.1) is 0 Å². The molecule has 0 aliphatic heterocycles. The zero-order chi connectivity index (χ0) is 16.4. The molecule has 3 rings (SSSR count). The first-order chi connectivity index (χ1) is 11.0. The summed E-state index contributed by atoms with van der Waals surface area (Å²) >= 11 is 0. The van der Waals surface area contributed by atoms with E-state index < -0.39 is 11.7 Å². The van der Waals surface area contributed by atoms with Crippen LogP contribution in [0.25, 0.3) is 22.6 Å². The first-order valence-electron chi connectivity index (χ1n) is 6.83. The van der Waals surface area contributed by atoms with Gasteiger partial charge in [0.1, 0.15) is 5.69 Å². The molecular formula is C17H12F3NO2. The highest BCUT2D eigenvalue weighted by atomic mass is 19.4. The fraction of sp³-hybridized carbons (Fsp3) is 0.118. The molecule has 0 radical (unpaired) electrons. The zero-order valence-corrected chi connectivity index (χ0v) is 11.8. The molecule has 0 saturated heterocycles. The molecule has 1 N–H and O–H groups in total. The van der Waals surface area contributed by atoms with Gasteiger partial charge >= 0.3 is 6.18 Å². The lowest BCUT2D eigenvalue weighted by atomic mass is 10.0. The molecule has 0 spiro atoms. The quantitative estimate of drug-likeness (QED) is 0.772. The van der Waals surface area contributed by atoms with E-state index in [1.54, 1.807) is 24.3 Å². The maximum Gasteiger partial charge on any atom is 0.416 e. The molecule has 0 fully saturated rings. The van der Waals surface area contributed by atoms with Crippen molar-refractivity contribution < 1.29 is 22.8 Å². The normalized spacial score (nSPS) is 11.7. The molecule has 1 aromatic heterocycles. The molecule has 3 nitrogen and oxygen atoms in total. The van der Waals surface area contributed by atoms with Crippen LogP contribution in [-0.4, -0.2) is 10.3 Å². The predicted molar refractivity (Wildman–Crippen MR) is 78.3 cm³/mol. The Bertz CT molecular complexity index is 810. The largest absolute Gasteiger partial charge is 0.416 e. The lowest BCUT2D eigenvalue weighted by molar-refractivity contribution is -0.137. The summed E-state index contributed by atoms with van der Waals surface area (Å²) in [5, 5.41) is 13.5. The third kappa shape index (κ3) is 2.98. The van der Waals surface area contributed by atoms with E-state index in [1.165, 1.54) is 12.1 Å². The Kier molecular flexibility index (Phi) is 3.92. The SMILES string of the molecule is OCc1c(-c2cccc(C(F)(F)F)c2)noc1-c1ccccc1. The van der Waals surface area contributed by atoms with Gasteiger partial charge in [-0.05, 0) is 12.1 Å². The van der Waals surface area contributed by atoms with E-state index in [0.29, 0.717) is 16.9 Å². The molecular weight excluding hydrogens is 307 g/mol. The fourth-order valence-electron chi connectivity index (χ4n) is 2.34. The summed E-state index contributed by atoms with van der Waals surface area (Å²) in [6.45, 7) is -0.390. The van der Waals surface area contributed by atoms with Crippen molar-refractivity contribution in [2.75, 3.05) is 0 Å². The number of nitrogens with zero attached hydrogens (tertiary/aromatic N) is 1. The maximum absolute atomic E-state index is 12.8. The van der Waals surface area contributed by atoms with Crippen LogP contribution < -0.4 is 0 Å². The van der Waals surface area contributed by atoms with Crippen LogP contribution in [0.5, 0.6) is 0 Å². The fourth-order valence-corrected chi connectivity index (χ4v) is 2.34. The standard InChI is InChI=1S/C17H12F3NO2/c18-17(19,20)13-8-4-7-12(9-13)15-14(10-22)16(23-21-15)11-5-2-1-3-6-11/h1-9,22H,10H2. The van der Waals surface area contributed by atoms with Crippen molar-refractivity contribution in [3.05, 3.63) is 65.7 Å². The molecule has 0 unspecified atom stereocenters. The van der Waals surface area contributed by atoms with Gasteiger partial charge in [0.2, 0.25) is 0 Å². The second-order valence-corrected chi connectivity index (χ2v) is 4.94. The second kappa shape index (κ2) is 5.89. The van der Waals surface area contributed by atoms with Crippen LogP contribution >= 0.6 is 0 Å². The summed E-state index contributed by atoms with van der Waals surface area (Å²) in [7, 11) is 0. The Labute approximate surface area is 130 Å². The highest BCUT2D eigenvalue weighted by Gasteiger charge is 2.31. The lowest BCUT2D eigenvalue weighted by Gasteiger charge is -2.08. The van der Waals surface area contributed by atoms with Crippen molar-refractivity contribution in [3.63, 3.8) is 0 Å². The van der Waals surface area contributed by atoms with E-state index in [2.05, 4.69) is 5.16 Å². The van der Waals surface area contributed by atoms with Crippen LogP contribution in [0.1, 0.15) is 11.1 Å². The van der Waals surface area contributed by atoms with Crippen LogP contribution in [0.15, 0.2) is 59.1 Å². The number of alkyl halides is 3. The highest BCUT2D eigenvalue weighted by Crippen LogP contribution is 2.35. The molecule has 6 heteroatoms. The molecule has 23 heavy (non-hydrogen) atoms. The van der Waals surface area contributed by atoms with E-state index in [1.807, 2.05) is 6.07 Å². The Balaban J connectivity index is 2.10. The van der Waals surface area contributed by atoms with Crippen LogP contribution in [0.3, 0.4) is 0 Å². The van der Waals surface area contributed by atoms with Gasteiger partial charge in [-0.3, -0.25) is 0 Å². The summed E-state index contributed by atoms with van der Waals surface area (Å²) in [4.78, 5) is 0. The van der Waals surface area contributed by atoms with Crippen LogP contribution in [0.2, 0.25) is 0 Å². The Morgan fingerprint density at radius 3 is 2.30 bits per heavy atom. The van der Waals surface area contributed by atoms with Gasteiger partial charge in [-0.15, -0.1) is 0 Å². The van der Waals surface area contributed by atoms with Gasteiger partial charge in [0.05, 0.1) is 17.7 Å². The second-order valence-electron chi connectivity index (χ2n) is 4.94. The van der Waals surface area contributed by atoms with Gasteiger partial charge in [0.25, 0.3) is 0 Å². The van der Waals surface area contributed by atoms with E-state index in [9.17, 15) is 18.3 Å². The van der Waals surface area contributed by atoms with Crippen molar-refractivity contribution in [1.82, 2.24) is 5.16 Å². The summed E-state index contributed by atoms with van der Waals surface area (Å²) in [6.07, 6.45) is -4.44. The molecule has 2 aromatic carbocycles. The predicted octanol–water partition coefficient (Wildman–Crippen LogP) is 4.52. The highest BCUT2D eigenvalue weighted by molar-refractivity contribution is 5.72. The van der Waals surface area contributed by atoms with Crippen molar-refractivity contribution in [2.45, 2.75) is 12.8 Å². The molecule has 118 valence electrons. The molecule has 0 aliphatic rings. The number of aliphatic hydroxyl groups is 1. The van der Waals surface area contributed by atoms with Crippen molar-refractivity contribution in [3.8, 4) is 22.6 Å². The monoisotopic (exact) mass is 319 g/mol. The molecule has 0 aliphatic carbocycles. The van der Waals surface area contributed by atoms with Gasteiger partial charge in [-0.2, -0.15) is 13.2 Å². The van der Waals surface area contributed by atoms with E-state index in [0.717, 1.165) is 12.1 Å². The van der Waals surface area contributed by atoms with Crippen molar-refractivity contribution >= 4 is 0 Å². The minimum absolute atomic E-state index is 0.206. The van der Waals surface area contributed by atoms with Gasteiger partial charge in [0.15, 0.2) is 5.76 Å². The molecule has 0 saturated carbocycles. The van der Waals surface area contributed by atoms with Gasteiger partial charge in [-0.25, -0.2) is 0 Å². The summed E-state index contributed by atoms with van der Waals surface area (Å²) < 4.78 is 43.8. The van der Waals surface area contributed by atoms with E-state index in [-0.39, 0.29) is 17.9 Å². The minimum atomic E-state index is -4.44. The smallest absolute Gasteiger partial charge is 0.391 e. The Hall–Kier alpha value is -2.60. The number of halogens is 3. The maximum atomic E-state index is 12.8. The number of benzene rings is 2. The molecule has 1 heterocycles. The van der Waals surface area contributed by atoms with Crippen molar-refractivity contribution in [1.29, 1.82) is 0 Å². The Morgan fingerprint density at radius 1 is 0.957 bits per heavy atom. The van der Waals surface area contributed by atoms with Crippen LogP contribution in [-0.2, 0) is 12.8 Å². The summed E-state index contributed by atoms with van der Waals surface area (Å²) in [5.74, 6) is 0.348. The van der Waals surface area contributed by atoms with Gasteiger partial charge in [0, 0.05) is 11.1 Å². The minimum Gasteiger partial charge on any atom is -0.391 e. The van der Waals surface area contributed by atoms with Crippen molar-refractivity contribution in [2.24, 2.45) is 0 Å². The summed E-state index contributed by atoms with van der Waals surface area (Å²) in [5.41, 5.74) is 0.730. The van der Waals surface area contributed by atoms with Gasteiger partial charge in [-0.1, -0.05) is 47.6 Å². The molecule has 0 amide bonds. The lowest BCUT2D eigenvalue weighted by Crippen LogP contribution is -2.04. The number of aliphatic hydroxyl groups excluding tert-OH is 1. The molecule has 0 atom stereocenters. The number of hydrogen-bond donors (Lipinski definition) is 1. The third-order valence-electron chi connectivity index (χ3n) is 3.45. The number of rotatable bonds is 3. The van der Waals surface area contributed by atoms with Gasteiger partial charge < -0.3 is 9.63 Å². The third-order valence-corrected chi connectivity index (χ3v) is 3.45. The molecule has 3 aromatic rings. The zero-order valence-electron chi connectivity index (χ0n) is 11.8. The Morgan fingerprint density at radius 2 is 1.65 bits per heavy atom. The first-order valence-corrected chi connectivity index (χ1v) is 6.83. The first kappa shape index (κ1) is 15.3. The number of hydrogen-bond acceptors (Lipinski definition) is 3. The van der Waals surface area contributed by atoms with E-state index >= 15 is 0 Å². The topological polar surface area (TPSA) is 46.3 Å². The average molecular weight is 319 g/mol. The average Bonchev–Trinajstić information content (AvgIpc) is 2.99. The number of aromatic nitrogens is 1. The molecule has 0 bridgehead atoms. The van der Waals surface area contributed by atoms with E-state index in [4.69, 9.17) is 4.52 Å². The summed E-state index contributed by atoms with van der Waals surface area (Å²) in [6, 6.07) is 13.7. The van der Waals surface area contributed by atoms with Crippen LogP contribution in [0.4, 0.5) is 13.2 Å².